The van der Waals surface area contributed by atoms with Gasteiger partial charge >= 0.3 is 5.97 Å². The van der Waals surface area contributed by atoms with E-state index < -0.39 is 0 Å². The fourth-order valence-electron chi connectivity index (χ4n) is 3.51. The molecular weight excluding hydrogens is 368 g/mol. The number of likely N-dealkylation sites (tertiary alicyclic amines) is 1. The van der Waals surface area contributed by atoms with Gasteiger partial charge in [0.1, 0.15) is 11.0 Å². The number of piperidine rings is 1. The molecule has 0 spiro atoms. The molecule has 1 saturated heterocycles. The monoisotopic (exact) mass is 394 g/mol. The lowest BCUT2D eigenvalue weighted by Gasteiger charge is -2.40. The number of halogens is 1. The molecule has 2 unspecified atom stereocenters. The molecule has 1 aliphatic heterocycles. The minimum Gasteiger partial charge on any atom is -0.465 e. The average molecular weight is 395 g/mol. The van der Waals surface area contributed by atoms with Crippen LogP contribution in [0.4, 0.5) is 0 Å². The largest absolute Gasteiger partial charge is 0.465 e. The van der Waals surface area contributed by atoms with Crippen molar-refractivity contribution in [3.8, 4) is 0 Å². The number of methoxy groups -OCH3 is 2. The van der Waals surface area contributed by atoms with Crippen molar-refractivity contribution in [1.29, 1.82) is 0 Å². The zero-order valence-electron chi connectivity index (χ0n) is 15.9. The Balaban J connectivity index is 2.36. The van der Waals surface area contributed by atoms with Crippen molar-refractivity contribution < 1.29 is 14.3 Å². The zero-order chi connectivity index (χ0) is 20.1. The molecule has 1 fully saturated rings. The number of hydrogen-bond donors (Lipinski definition) is 3. The fourth-order valence-corrected chi connectivity index (χ4v) is 3.62. The summed E-state index contributed by atoms with van der Waals surface area (Å²) in [5.41, 5.74) is 20.6. The Morgan fingerprint density at radius 3 is 2.48 bits per heavy atom. The smallest absolute Gasteiger partial charge is 0.337 e. The molecule has 27 heavy (non-hydrogen) atoms. The number of hydrogen-bond acceptors (Lipinski definition) is 7. The first-order valence-corrected chi connectivity index (χ1v) is 8.99. The number of ether oxygens (including phenoxy) is 2. The van der Waals surface area contributed by atoms with Crippen LogP contribution in [0.2, 0.25) is 0 Å². The van der Waals surface area contributed by atoms with Crippen molar-refractivity contribution in [2.24, 2.45) is 17.2 Å². The number of nitrogens with two attached hydrogens (primary N) is 3. The van der Waals surface area contributed by atoms with Gasteiger partial charge in [0.15, 0.2) is 0 Å². The molecule has 2 rings (SSSR count). The first-order chi connectivity index (χ1) is 12.8. The van der Waals surface area contributed by atoms with Crippen LogP contribution in [0.15, 0.2) is 40.9 Å². The third-order valence-electron chi connectivity index (χ3n) is 4.79. The Labute approximate surface area is 164 Å². The van der Waals surface area contributed by atoms with Gasteiger partial charge in [0.05, 0.1) is 24.5 Å². The van der Waals surface area contributed by atoms with E-state index in [1.54, 1.807) is 19.3 Å². The summed E-state index contributed by atoms with van der Waals surface area (Å²) in [6, 6.07) is 5.58. The van der Waals surface area contributed by atoms with E-state index in [-0.39, 0.29) is 29.0 Å². The van der Waals surface area contributed by atoms with Gasteiger partial charge < -0.3 is 31.6 Å². The molecule has 1 aliphatic rings. The van der Waals surface area contributed by atoms with Crippen LogP contribution in [0.3, 0.4) is 0 Å². The van der Waals surface area contributed by atoms with Crippen molar-refractivity contribution in [2.75, 3.05) is 27.3 Å². The van der Waals surface area contributed by atoms with Gasteiger partial charge in [-0.3, -0.25) is 0 Å². The number of esters is 1. The fraction of sp³-hybridized carbons (Fsp3) is 0.421. The summed E-state index contributed by atoms with van der Waals surface area (Å²) in [6.07, 6.45) is 2.38. The van der Waals surface area contributed by atoms with Gasteiger partial charge in [0, 0.05) is 26.1 Å². The van der Waals surface area contributed by atoms with Crippen molar-refractivity contribution in [2.45, 2.75) is 25.4 Å². The Morgan fingerprint density at radius 1 is 1.26 bits per heavy atom. The van der Waals surface area contributed by atoms with Crippen LogP contribution >= 0.6 is 11.6 Å². The number of nitrogens with zero attached hydrogens (tertiary/aromatic N) is 1. The van der Waals surface area contributed by atoms with Crippen LogP contribution in [0.1, 0.15) is 33.8 Å². The van der Waals surface area contributed by atoms with Gasteiger partial charge in [-0.05, 0) is 42.7 Å². The van der Waals surface area contributed by atoms with Crippen LogP contribution in [-0.2, 0) is 9.47 Å². The quantitative estimate of drug-likeness (QED) is 0.395. The maximum absolute atomic E-state index is 11.8. The number of rotatable bonds is 5. The van der Waals surface area contributed by atoms with Gasteiger partial charge in [-0.15, -0.1) is 0 Å². The molecular formula is C19H27ClN4O3. The number of allylic oxidation sites excluding steroid dienone is 1. The summed E-state index contributed by atoms with van der Waals surface area (Å²) < 4.78 is 10.4. The molecule has 0 aromatic heterocycles. The number of carbonyl (C=O) groups is 1. The van der Waals surface area contributed by atoms with E-state index in [9.17, 15) is 4.79 Å². The standard InChI is InChI=1S/C19H27ClN4O3/c1-11-6-12(19(25)27-3)4-5-15(11)13-7-14(26-2)10-24(9-13)16(18(22)23)8-17(20)21/h4-6,8,13-14H,7,9-10,21-23H2,1-3H3/b17-8-. The van der Waals surface area contributed by atoms with Crippen LogP contribution in [0.5, 0.6) is 0 Å². The number of carbonyl (C=O) groups excluding carboxylic acids is 1. The minimum absolute atomic E-state index is 0.0114. The Morgan fingerprint density at radius 2 is 1.96 bits per heavy atom. The SMILES string of the molecule is COC(=O)c1ccc(C2CC(OC)CN(C(/C=C(\N)Cl)=C(N)N)C2)c(C)c1. The van der Waals surface area contributed by atoms with Crippen molar-refractivity contribution in [3.63, 3.8) is 0 Å². The highest BCUT2D eigenvalue weighted by Crippen LogP contribution is 2.33. The molecule has 8 heteroatoms. The Kier molecular flexibility index (Phi) is 6.98. The molecule has 1 aromatic rings. The summed E-state index contributed by atoms with van der Waals surface area (Å²) in [5, 5.41) is 0.105. The third kappa shape index (κ3) is 5.08. The molecule has 0 bridgehead atoms. The lowest BCUT2D eigenvalue weighted by Crippen LogP contribution is -2.43. The topological polar surface area (TPSA) is 117 Å². The third-order valence-corrected chi connectivity index (χ3v) is 4.90. The Hall–Kier alpha value is -2.38. The molecule has 1 heterocycles. The van der Waals surface area contributed by atoms with Gasteiger partial charge in [0.25, 0.3) is 0 Å². The highest BCUT2D eigenvalue weighted by molar-refractivity contribution is 6.29. The normalized spacial score (nSPS) is 20.3. The van der Waals surface area contributed by atoms with Crippen LogP contribution in [0.25, 0.3) is 0 Å². The zero-order valence-corrected chi connectivity index (χ0v) is 16.6. The van der Waals surface area contributed by atoms with E-state index in [4.69, 9.17) is 38.3 Å². The van der Waals surface area contributed by atoms with Gasteiger partial charge in [-0.1, -0.05) is 17.7 Å². The van der Waals surface area contributed by atoms with Gasteiger partial charge in [0.2, 0.25) is 0 Å². The lowest BCUT2D eigenvalue weighted by atomic mass is 9.85. The summed E-state index contributed by atoms with van der Waals surface area (Å²) >= 11 is 5.84. The second kappa shape index (κ2) is 9.01. The maximum atomic E-state index is 11.8. The van der Waals surface area contributed by atoms with Gasteiger partial charge in [-0.25, -0.2) is 4.79 Å². The molecule has 0 radical (unpaired) electrons. The van der Waals surface area contributed by atoms with E-state index in [2.05, 4.69) is 0 Å². The van der Waals surface area contributed by atoms with Crippen molar-refractivity contribution >= 4 is 17.6 Å². The molecule has 6 N–H and O–H groups in total. The van der Waals surface area contributed by atoms with E-state index >= 15 is 0 Å². The molecule has 148 valence electrons. The predicted molar refractivity (Wildman–Crippen MR) is 106 cm³/mol. The number of aryl methyl sites for hydroxylation is 1. The second-order valence-corrected chi connectivity index (χ2v) is 7.06. The average Bonchev–Trinajstić information content (AvgIpc) is 2.64. The summed E-state index contributed by atoms with van der Waals surface area (Å²) in [5.74, 6) is -0.0462. The molecule has 0 aliphatic carbocycles. The van der Waals surface area contributed by atoms with Crippen LogP contribution in [0, 0.1) is 6.92 Å². The minimum atomic E-state index is -0.353. The van der Waals surface area contributed by atoms with Crippen LogP contribution in [-0.4, -0.2) is 44.3 Å². The highest BCUT2D eigenvalue weighted by Gasteiger charge is 2.30. The van der Waals surface area contributed by atoms with E-state index in [1.807, 2.05) is 24.0 Å². The van der Waals surface area contributed by atoms with E-state index in [0.29, 0.717) is 24.4 Å². The summed E-state index contributed by atoms with van der Waals surface area (Å²) in [7, 11) is 3.05. The summed E-state index contributed by atoms with van der Waals surface area (Å²) in [6.45, 7) is 3.28. The lowest BCUT2D eigenvalue weighted by molar-refractivity contribution is 0.0351. The first kappa shape index (κ1) is 20.9. The van der Waals surface area contributed by atoms with E-state index in [1.165, 1.54) is 7.11 Å². The molecule has 2 atom stereocenters. The first-order valence-electron chi connectivity index (χ1n) is 8.61. The van der Waals surface area contributed by atoms with Crippen molar-refractivity contribution in [3.05, 3.63) is 57.6 Å². The van der Waals surface area contributed by atoms with Crippen molar-refractivity contribution in [1.82, 2.24) is 4.90 Å². The Bertz CT molecular complexity index is 755. The molecule has 1 aromatic carbocycles. The maximum Gasteiger partial charge on any atom is 0.337 e. The van der Waals surface area contributed by atoms with Gasteiger partial charge in [-0.2, -0.15) is 0 Å². The molecule has 0 amide bonds. The highest BCUT2D eigenvalue weighted by atomic mass is 35.5. The molecule has 7 nitrogen and oxygen atoms in total. The number of benzene rings is 1. The molecule has 0 saturated carbocycles. The predicted octanol–water partition coefficient (Wildman–Crippen LogP) is 1.71. The van der Waals surface area contributed by atoms with E-state index in [0.717, 1.165) is 17.5 Å². The summed E-state index contributed by atoms with van der Waals surface area (Å²) in [4.78, 5) is 13.8. The second-order valence-electron chi connectivity index (χ2n) is 6.63. The van der Waals surface area contributed by atoms with Crippen LogP contribution < -0.4 is 17.2 Å².